The van der Waals surface area contributed by atoms with Crippen molar-refractivity contribution < 1.29 is 9.21 Å². The third kappa shape index (κ3) is 4.21. The summed E-state index contributed by atoms with van der Waals surface area (Å²) in [5.74, 6) is 0.199. The number of rotatable bonds is 5. The predicted octanol–water partition coefficient (Wildman–Crippen LogP) is 4.46. The normalized spacial score (nSPS) is 10.7. The van der Waals surface area contributed by atoms with Crippen LogP contribution < -0.4 is 5.32 Å². The van der Waals surface area contributed by atoms with Crippen molar-refractivity contribution in [2.24, 2.45) is 0 Å². The number of carbonyl (C=O) groups excluding carboxylic acids is 1. The lowest BCUT2D eigenvalue weighted by Gasteiger charge is -2.02. The minimum atomic E-state index is -0.190. The Kier molecular flexibility index (Phi) is 5.14. The van der Waals surface area contributed by atoms with Crippen LogP contribution in [-0.2, 0) is 11.2 Å². The first-order chi connectivity index (χ1) is 11.1. The monoisotopic (exact) mass is 409 g/mol. The van der Waals surface area contributed by atoms with Gasteiger partial charge < -0.3 is 4.42 Å². The summed E-state index contributed by atoms with van der Waals surface area (Å²) in [6, 6.07) is 11.7. The molecule has 0 unspecified atom stereocenters. The van der Waals surface area contributed by atoms with Gasteiger partial charge in [0.25, 0.3) is 5.89 Å². The van der Waals surface area contributed by atoms with Crippen LogP contribution in [0.2, 0.25) is 0 Å². The Labute approximate surface area is 149 Å². The second kappa shape index (κ2) is 7.29. The zero-order valence-corrected chi connectivity index (χ0v) is 15.3. The molecule has 5 nitrogen and oxygen atoms in total. The molecule has 8 heteroatoms. The molecule has 2 aromatic heterocycles. The molecule has 0 aliphatic heterocycles. The molecular weight excluding hydrogens is 398 g/mol. The minimum Gasteiger partial charge on any atom is -0.402 e. The maximum atomic E-state index is 12.0. The number of aromatic nitrogens is 2. The lowest BCUT2D eigenvalue weighted by Crippen LogP contribution is -2.14. The Morgan fingerprint density at radius 3 is 2.70 bits per heavy atom. The Morgan fingerprint density at radius 1 is 1.26 bits per heavy atom. The topological polar surface area (TPSA) is 68.0 Å². The average Bonchev–Trinajstić information content (AvgIpc) is 3.17. The quantitative estimate of drug-likeness (QED) is 0.629. The molecule has 0 aliphatic carbocycles. The first-order valence-electron chi connectivity index (χ1n) is 6.66. The number of carbonyl (C=O) groups is 1. The van der Waals surface area contributed by atoms with Crippen LogP contribution >= 0.6 is 39.0 Å². The van der Waals surface area contributed by atoms with Gasteiger partial charge in [-0.15, -0.1) is 28.2 Å². The summed E-state index contributed by atoms with van der Waals surface area (Å²) in [6.07, 6.45) is 2.28. The molecule has 0 spiro atoms. The summed E-state index contributed by atoms with van der Waals surface area (Å²) in [4.78, 5) is 14.0. The summed E-state index contributed by atoms with van der Waals surface area (Å²) in [5.41, 5.74) is 0.933. The maximum absolute atomic E-state index is 12.0. The maximum Gasteiger partial charge on any atom is 0.322 e. The van der Waals surface area contributed by atoms with Crippen LogP contribution in [0.25, 0.3) is 10.8 Å². The van der Waals surface area contributed by atoms with E-state index in [-0.39, 0.29) is 18.3 Å². The second-order valence-electron chi connectivity index (χ2n) is 4.59. The largest absolute Gasteiger partial charge is 0.402 e. The third-order valence-electron chi connectivity index (χ3n) is 2.98. The predicted molar refractivity (Wildman–Crippen MR) is 95.9 cm³/mol. The van der Waals surface area contributed by atoms with Crippen molar-refractivity contribution in [3.8, 4) is 10.8 Å². The molecule has 0 bridgehead atoms. The van der Waals surface area contributed by atoms with Crippen molar-refractivity contribution in [1.82, 2.24) is 10.2 Å². The van der Waals surface area contributed by atoms with Gasteiger partial charge >= 0.3 is 6.01 Å². The Morgan fingerprint density at radius 2 is 2.04 bits per heavy atom. The Hall–Kier alpha value is -1.64. The lowest BCUT2D eigenvalue weighted by molar-refractivity contribution is -0.115. The fourth-order valence-electron chi connectivity index (χ4n) is 1.89. The average molecular weight is 410 g/mol. The summed E-state index contributed by atoms with van der Waals surface area (Å²) in [5, 5.41) is 10.4. The van der Waals surface area contributed by atoms with E-state index in [1.165, 1.54) is 11.3 Å². The van der Waals surface area contributed by atoms with Crippen LogP contribution in [0.15, 0.2) is 49.5 Å². The molecule has 0 atom stereocenters. The molecule has 0 saturated carbocycles. The number of hydrogen-bond acceptors (Lipinski definition) is 6. The van der Waals surface area contributed by atoms with E-state index in [9.17, 15) is 4.79 Å². The van der Waals surface area contributed by atoms with E-state index >= 15 is 0 Å². The van der Waals surface area contributed by atoms with E-state index in [4.69, 9.17) is 4.42 Å². The molecular formula is C15H12BrN3O2S2. The lowest BCUT2D eigenvalue weighted by atomic mass is 10.1. The summed E-state index contributed by atoms with van der Waals surface area (Å²) < 4.78 is 6.44. The van der Waals surface area contributed by atoms with Crippen molar-refractivity contribution in [2.75, 3.05) is 11.6 Å². The van der Waals surface area contributed by atoms with Gasteiger partial charge in [-0.05, 0) is 52.0 Å². The van der Waals surface area contributed by atoms with E-state index in [2.05, 4.69) is 31.4 Å². The van der Waals surface area contributed by atoms with E-state index in [0.29, 0.717) is 5.89 Å². The van der Waals surface area contributed by atoms with Crippen LogP contribution in [0, 0.1) is 0 Å². The number of benzene rings is 1. The molecule has 23 heavy (non-hydrogen) atoms. The highest BCUT2D eigenvalue weighted by molar-refractivity contribution is 9.11. The van der Waals surface area contributed by atoms with Gasteiger partial charge in [-0.2, -0.15) is 0 Å². The van der Waals surface area contributed by atoms with E-state index in [1.807, 2.05) is 42.7 Å². The van der Waals surface area contributed by atoms with Gasteiger partial charge in [-0.3, -0.25) is 10.1 Å². The standard InChI is InChI=1S/C15H12BrN3O2S2/c1-22-10-4-2-9(3-5-10)8-13(20)17-15-19-18-14(21-15)11-6-7-12(16)23-11/h2-7H,8H2,1H3,(H,17,19,20). The van der Waals surface area contributed by atoms with Gasteiger partial charge in [-0.25, -0.2) is 0 Å². The van der Waals surface area contributed by atoms with Gasteiger partial charge in [0.2, 0.25) is 5.91 Å². The van der Waals surface area contributed by atoms with Gasteiger partial charge in [-0.1, -0.05) is 17.2 Å². The number of amides is 1. The first-order valence-corrected chi connectivity index (χ1v) is 9.49. The number of thiophene rings is 1. The highest BCUT2D eigenvalue weighted by atomic mass is 79.9. The highest BCUT2D eigenvalue weighted by Gasteiger charge is 2.13. The minimum absolute atomic E-state index is 0.107. The molecule has 0 fully saturated rings. The zero-order chi connectivity index (χ0) is 16.2. The van der Waals surface area contributed by atoms with Gasteiger partial charge in [0.15, 0.2) is 0 Å². The SMILES string of the molecule is CSc1ccc(CC(=O)Nc2nnc(-c3ccc(Br)s3)o2)cc1. The van der Waals surface area contributed by atoms with Crippen LogP contribution in [0.4, 0.5) is 6.01 Å². The molecule has 3 aromatic rings. The van der Waals surface area contributed by atoms with Gasteiger partial charge in [0.1, 0.15) is 0 Å². The number of anilines is 1. The van der Waals surface area contributed by atoms with Crippen LogP contribution in [0.5, 0.6) is 0 Å². The molecule has 1 N–H and O–H groups in total. The Bertz CT molecular complexity index is 814. The van der Waals surface area contributed by atoms with Crippen LogP contribution in [-0.4, -0.2) is 22.4 Å². The molecule has 118 valence electrons. The Balaban J connectivity index is 1.62. The molecule has 0 radical (unpaired) electrons. The smallest absolute Gasteiger partial charge is 0.322 e. The fraction of sp³-hybridized carbons (Fsp3) is 0.133. The van der Waals surface area contributed by atoms with Crippen molar-refractivity contribution in [3.05, 3.63) is 45.7 Å². The van der Waals surface area contributed by atoms with Gasteiger partial charge in [0.05, 0.1) is 15.1 Å². The number of halogens is 1. The molecule has 0 saturated heterocycles. The molecule has 1 amide bonds. The van der Waals surface area contributed by atoms with E-state index < -0.39 is 0 Å². The van der Waals surface area contributed by atoms with Crippen molar-refractivity contribution >= 4 is 51.0 Å². The van der Waals surface area contributed by atoms with Crippen molar-refractivity contribution in [3.63, 3.8) is 0 Å². The molecule has 2 heterocycles. The summed E-state index contributed by atoms with van der Waals surface area (Å²) in [7, 11) is 0. The van der Waals surface area contributed by atoms with E-state index in [0.717, 1.165) is 19.1 Å². The number of nitrogens with zero attached hydrogens (tertiary/aromatic N) is 2. The van der Waals surface area contributed by atoms with Crippen molar-refractivity contribution in [1.29, 1.82) is 0 Å². The van der Waals surface area contributed by atoms with Crippen LogP contribution in [0.1, 0.15) is 5.56 Å². The third-order valence-corrected chi connectivity index (χ3v) is 5.33. The molecule has 0 aliphatic rings. The second-order valence-corrected chi connectivity index (χ2v) is 7.93. The number of thioether (sulfide) groups is 1. The zero-order valence-electron chi connectivity index (χ0n) is 12.1. The van der Waals surface area contributed by atoms with E-state index in [1.54, 1.807) is 11.8 Å². The van der Waals surface area contributed by atoms with Crippen molar-refractivity contribution in [2.45, 2.75) is 11.3 Å². The number of nitrogens with one attached hydrogen (secondary N) is 1. The summed E-state index contributed by atoms with van der Waals surface area (Å²) >= 11 is 6.53. The fourth-order valence-corrected chi connectivity index (χ4v) is 3.61. The molecule has 3 rings (SSSR count). The number of hydrogen-bond donors (Lipinski definition) is 1. The van der Waals surface area contributed by atoms with Crippen LogP contribution in [0.3, 0.4) is 0 Å². The summed E-state index contributed by atoms with van der Waals surface area (Å²) in [6.45, 7) is 0. The highest BCUT2D eigenvalue weighted by Crippen LogP contribution is 2.30. The molecule has 1 aromatic carbocycles. The first kappa shape index (κ1) is 16.2. The van der Waals surface area contributed by atoms with Gasteiger partial charge in [0, 0.05) is 4.90 Å².